The van der Waals surface area contributed by atoms with Gasteiger partial charge >= 0.3 is 5.97 Å². The first kappa shape index (κ1) is 12.9. The van der Waals surface area contributed by atoms with E-state index in [1.807, 2.05) is 18.2 Å². The van der Waals surface area contributed by atoms with Crippen LogP contribution in [0.3, 0.4) is 0 Å². The quantitative estimate of drug-likeness (QED) is 0.836. The molecule has 4 nitrogen and oxygen atoms in total. The van der Waals surface area contributed by atoms with Gasteiger partial charge in [0.15, 0.2) is 0 Å². The van der Waals surface area contributed by atoms with Crippen LogP contribution >= 0.6 is 0 Å². The molecule has 0 radical (unpaired) electrons. The van der Waals surface area contributed by atoms with E-state index in [2.05, 4.69) is 12.2 Å². The molecule has 18 heavy (non-hydrogen) atoms. The fraction of sp³-hybridized carbons (Fsp3) is 0.500. The van der Waals surface area contributed by atoms with Crippen molar-refractivity contribution >= 4 is 11.7 Å². The molecule has 0 saturated carbocycles. The van der Waals surface area contributed by atoms with Crippen LogP contribution in [0.25, 0.3) is 0 Å². The van der Waals surface area contributed by atoms with Crippen molar-refractivity contribution in [2.75, 3.05) is 19.0 Å². The van der Waals surface area contributed by atoms with Gasteiger partial charge < -0.3 is 14.8 Å². The van der Waals surface area contributed by atoms with E-state index in [1.165, 1.54) is 7.11 Å². The number of carbonyl (C=O) groups excluding carboxylic acids is 1. The normalized spacial score (nSPS) is 23.4. The molecule has 2 rings (SSSR count). The third-order valence-electron chi connectivity index (χ3n) is 3.14. The average Bonchev–Trinajstić information content (AvgIpc) is 2.38. The van der Waals surface area contributed by atoms with Gasteiger partial charge in [-0.15, -0.1) is 0 Å². The molecule has 1 aliphatic rings. The number of hydrogen-bond acceptors (Lipinski definition) is 4. The van der Waals surface area contributed by atoms with E-state index in [0.29, 0.717) is 17.7 Å². The van der Waals surface area contributed by atoms with Crippen LogP contribution in [0.1, 0.15) is 30.1 Å². The van der Waals surface area contributed by atoms with Crippen molar-refractivity contribution < 1.29 is 14.3 Å². The van der Waals surface area contributed by atoms with Crippen LogP contribution in [-0.4, -0.2) is 31.8 Å². The summed E-state index contributed by atoms with van der Waals surface area (Å²) in [7, 11) is 1.39. The van der Waals surface area contributed by atoms with Crippen LogP contribution in [0.5, 0.6) is 0 Å². The van der Waals surface area contributed by atoms with Crippen molar-refractivity contribution in [3.8, 4) is 0 Å². The van der Waals surface area contributed by atoms with Crippen molar-refractivity contribution in [1.29, 1.82) is 0 Å². The minimum atomic E-state index is -0.306. The van der Waals surface area contributed by atoms with Gasteiger partial charge in [-0.25, -0.2) is 4.79 Å². The average molecular weight is 249 g/mol. The zero-order chi connectivity index (χ0) is 13.0. The van der Waals surface area contributed by atoms with Gasteiger partial charge in [-0.1, -0.05) is 6.07 Å². The van der Waals surface area contributed by atoms with E-state index in [0.717, 1.165) is 25.1 Å². The molecule has 1 aromatic rings. The smallest absolute Gasteiger partial charge is 0.337 e. The molecule has 0 spiro atoms. The first-order valence-corrected chi connectivity index (χ1v) is 6.25. The molecule has 0 aromatic heterocycles. The minimum Gasteiger partial charge on any atom is -0.465 e. The molecular formula is C14H19NO3. The Hall–Kier alpha value is -1.55. The van der Waals surface area contributed by atoms with Crippen LogP contribution < -0.4 is 5.32 Å². The Morgan fingerprint density at radius 2 is 2.33 bits per heavy atom. The van der Waals surface area contributed by atoms with Crippen LogP contribution in [0.4, 0.5) is 5.69 Å². The van der Waals surface area contributed by atoms with Gasteiger partial charge in [0.1, 0.15) is 0 Å². The highest BCUT2D eigenvalue weighted by molar-refractivity contribution is 5.90. The number of benzene rings is 1. The Bertz CT molecular complexity index is 419. The Labute approximate surface area is 107 Å². The van der Waals surface area contributed by atoms with Crippen LogP contribution in [0.15, 0.2) is 24.3 Å². The van der Waals surface area contributed by atoms with E-state index < -0.39 is 0 Å². The molecule has 98 valence electrons. The zero-order valence-electron chi connectivity index (χ0n) is 10.8. The highest BCUT2D eigenvalue weighted by Gasteiger charge is 2.19. The van der Waals surface area contributed by atoms with Crippen molar-refractivity contribution in [3.63, 3.8) is 0 Å². The van der Waals surface area contributed by atoms with Crippen molar-refractivity contribution in [3.05, 3.63) is 29.8 Å². The standard InChI is InChI=1S/C14H19NO3/c1-10-8-13(6-7-18-10)15-12-5-3-4-11(9-12)14(16)17-2/h3-5,9-10,13,15H,6-8H2,1-2H3. The predicted octanol–water partition coefficient (Wildman–Crippen LogP) is 2.45. The lowest BCUT2D eigenvalue weighted by Gasteiger charge is -2.28. The van der Waals surface area contributed by atoms with Crippen molar-refractivity contribution in [2.24, 2.45) is 0 Å². The summed E-state index contributed by atoms with van der Waals surface area (Å²) in [4.78, 5) is 11.4. The lowest BCUT2D eigenvalue weighted by molar-refractivity contribution is 0.0232. The first-order chi connectivity index (χ1) is 8.69. The molecule has 2 atom stereocenters. The highest BCUT2D eigenvalue weighted by Crippen LogP contribution is 2.19. The number of anilines is 1. The summed E-state index contributed by atoms with van der Waals surface area (Å²) < 4.78 is 10.2. The number of esters is 1. The van der Waals surface area contributed by atoms with Crippen LogP contribution in [-0.2, 0) is 9.47 Å². The summed E-state index contributed by atoms with van der Waals surface area (Å²) in [5.74, 6) is -0.306. The molecule has 4 heteroatoms. The summed E-state index contributed by atoms with van der Waals surface area (Å²) in [6, 6.07) is 7.81. The Balaban J connectivity index is 2.02. The Morgan fingerprint density at radius 3 is 3.06 bits per heavy atom. The van der Waals surface area contributed by atoms with Gasteiger partial charge in [0.2, 0.25) is 0 Å². The summed E-state index contributed by atoms with van der Waals surface area (Å²) in [5.41, 5.74) is 1.53. The number of carbonyl (C=O) groups is 1. The maximum absolute atomic E-state index is 11.4. The molecule has 1 fully saturated rings. The lowest BCUT2D eigenvalue weighted by atomic mass is 10.0. The summed E-state index contributed by atoms with van der Waals surface area (Å²) in [6.07, 6.45) is 2.27. The van der Waals surface area contributed by atoms with Gasteiger partial charge in [-0.05, 0) is 38.0 Å². The second-order valence-electron chi connectivity index (χ2n) is 4.62. The van der Waals surface area contributed by atoms with Gasteiger partial charge in [0.05, 0.1) is 18.8 Å². The second-order valence-corrected chi connectivity index (χ2v) is 4.62. The number of ether oxygens (including phenoxy) is 2. The molecule has 1 saturated heterocycles. The predicted molar refractivity (Wildman–Crippen MR) is 69.8 cm³/mol. The van der Waals surface area contributed by atoms with Crippen LogP contribution in [0.2, 0.25) is 0 Å². The zero-order valence-corrected chi connectivity index (χ0v) is 10.8. The lowest BCUT2D eigenvalue weighted by Crippen LogP contribution is -2.32. The molecule has 1 N–H and O–H groups in total. The second kappa shape index (κ2) is 5.87. The number of methoxy groups -OCH3 is 1. The fourth-order valence-corrected chi connectivity index (χ4v) is 2.22. The highest BCUT2D eigenvalue weighted by atomic mass is 16.5. The van der Waals surface area contributed by atoms with Gasteiger partial charge in [0.25, 0.3) is 0 Å². The van der Waals surface area contributed by atoms with Crippen LogP contribution in [0, 0.1) is 0 Å². The molecule has 1 heterocycles. The molecule has 0 aliphatic carbocycles. The monoisotopic (exact) mass is 249 g/mol. The molecular weight excluding hydrogens is 230 g/mol. The third kappa shape index (κ3) is 3.23. The molecule has 0 bridgehead atoms. The Kier molecular flexibility index (Phi) is 4.20. The minimum absolute atomic E-state index is 0.292. The van der Waals surface area contributed by atoms with E-state index in [-0.39, 0.29) is 5.97 Å². The largest absolute Gasteiger partial charge is 0.465 e. The molecule has 2 unspecified atom stereocenters. The molecule has 0 amide bonds. The fourth-order valence-electron chi connectivity index (χ4n) is 2.22. The molecule has 1 aromatic carbocycles. The summed E-state index contributed by atoms with van der Waals surface area (Å²) >= 11 is 0. The number of rotatable bonds is 3. The number of nitrogens with one attached hydrogen (secondary N) is 1. The summed E-state index contributed by atoms with van der Waals surface area (Å²) in [5, 5.41) is 3.44. The topological polar surface area (TPSA) is 47.6 Å². The van der Waals surface area contributed by atoms with E-state index in [4.69, 9.17) is 9.47 Å². The van der Waals surface area contributed by atoms with Crippen molar-refractivity contribution in [1.82, 2.24) is 0 Å². The Morgan fingerprint density at radius 1 is 1.50 bits per heavy atom. The maximum atomic E-state index is 11.4. The number of hydrogen-bond donors (Lipinski definition) is 1. The third-order valence-corrected chi connectivity index (χ3v) is 3.14. The van der Waals surface area contributed by atoms with E-state index in [1.54, 1.807) is 6.07 Å². The van der Waals surface area contributed by atoms with E-state index in [9.17, 15) is 4.79 Å². The van der Waals surface area contributed by atoms with Gasteiger partial charge in [-0.2, -0.15) is 0 Å². The van der Waals surface area contributed by atoms with Gasteiger partial charge in [-0.3, -0.25) is 0 Å². The molecule has 1 aliphatic heterocycles. The van der Waals surface area contributed by atoms with Crippen molar-refractivity contribution in [2.45, 2.75) is 31.9 Å². The maximum Gasteiger partial charge on any atom is 0.337 e. The first-order valence-electron chi connectivity index (χ1n) is 6.25. The van der Waals surface area contributed by atoms with Gasteiger partial charge in [0, 0.05) is 18.3 Å². The van der Waals surface area contributed by atoms with E-state index >= 15 is 0 Å². The summed E-state index contributed by atoms with van der Waals surface area (Å²) in [6.45, 7) is 2.87. The SMILES string of the molecule is COC(=O)c1cccc(NC2CCOC(C)C2)c1.